The molecule has 0 aliphatic rings. The molecule has 1 rings (SSSR count). The van der Waals surface area contributed by atoms with Gasteiger partial charge in [-0.15, -0.1) is 0 Å². The highest BCUT2D eigenvalue weighted by molar-refractivity contribution is 5.87. The summed E-state index contributed by atoms with van der Waals surface area (Å²) in [7, 11) is 1.52. The molecule has 0 bridgehead atoms. The van der Waals surface area contributed by atoms with E-state index in [2.05, 4.69) is 9.98 Å². The molecule has 0 fully saturated rings. The van der Waals surface area contributed by atoms with Crippen LogP contribution in [0.2, 0.25) is 0 Å². The Bertz CT molecular complexity index is 422. The number of hydrogen-bond donors (Lipinski definition) is 0. The Morgan fingerprint density at radius 1 is 1.41 bits per heavy atom. The molecule has 5 heteroatoms. The second-order valence-corrected chi connectivity index (χ2v) is 4.34. The zero-order valence-electron chi connectivity index (χ0n) is 10.4. The molecule has 0 spiro atoms. The minimum absolute atomic E-state index is 0.470. The van der Waals surface area contributed by atoms with Crippen molar-refractivity contribution in [2.24, 2.45) is 4.99 Å². The van der Waals surface area contributed by atoms with Crippen molar-refractivity contribution < 1.29 is 14.3 Å². The van der Waals surface area contributed by atoms with Crippen LogP contribution in [0.4, 0.5) is 4.79 Å². The van der Waals surface area contributed by atoms with Crippen molar-refractivity contribution in [3.63, 3.8) is 0 Å². The van der Waals surface area contributed by atoms with Crippen LogP contribution >= 0.6 is 0 Å². The van der Waals surface area contributed by atoms with E-state index in [0.29, 0.717) is 11.6 Å². The Morgan fingerprint density at radius 3 is 2.71 bits per heavy atom. The van der Waals surface area contributed by atoms with E-state index in [0.717, 1.165) is 0 Å². The van der Waals surface area contributed by atoms with Crippen molar-refractivity contribution in [2.45, 2.75) is 26.4 Å². The maximum Gasteiger partial charge on any atom is 0.434 e. The molecule has 0 N–H and O–H groups in total. The first-order chi connectivity index (χ1) is 7.90. The van der Waals surface area contributed by atoms with Gasteiger partial charge in [0.25, 0.3) is 0 Å². The van der Waals surface area contributed by atoms with Gasteiger partial charge in [-0.2, -0.15) is 4.99 Å². The lowest BCUT2D eigenvalue weighted by Gasteiger charge is -2.16. The molecule has 1 heterocycles. The molecule has 5 nitrogen and oxygen atoms in total. The van der Waals surface area contributed by atoms with Crippen molar-refractivity contribution in [3.05, 3.63) is 23.9 Å². The van der Waals surface area contributed by atoms with E-state index < -0.39 is 11.7 Å². The predicted molar refractivity (Wildman–Crippen MR) is 64.6 cm³/mol. The van der Waals surface area contributed by atoms with Crippen LogP contribution < -0.4 is 4.74 Å². The third-order valence-corrected chi connectivity index (χ3v) is 1.65. The molecular formula is C12H16N2O3. The Balaban J connectivity index is 2.67. The van der Waals surface area contributed by atoms with Gasteiger partial charge < -0.3 is 9.47 Å². The maximum absolute atomic E-state index is 11.3. The van der Waals surface area contributed by atoms with E-state index in [1.54, 1.807) is 39.0 Å². The van der Waals surface area contributed by atoms with E-state index in [1.165, 1.54) is 13.3 Å². The third-order valence-electron chi connectivity index (χ3n) is 1.65. The van der Waals surface area contributed by atoms with Gasteiger partial charge in [0.1, 0.15) is 5.60 Å². The number of carbonyl (C=O) groups is 1. The number of hydrogen-bond acceptors (Lipinski definition) is 4. The monoisotopic (exact) mass is 236 g/mol. The molecular weight excluding hydrogens is 220 g/mol. The number of carbonyl (C=O) groups excluding carboxylic acids is 1. The van der Waals surface area contributed by atoms with Gasteiger partial charge >= 0.3 is 6.09 Å². The van der Waals surface area contributed by atoms with Gasteiger partial charge in [0.05, 0.1) is 19.0 Å². The zero-order valence-corrected chi connectivity index (χ0v) is 10.4. The summed E-state index contributed by atoms with van der Waals surface area (Å²) in [6.07, 6.45) is 0.707. The van der Waals surface area contributed by atoms with Gasteiger partial charge in [0, 0.05) is 6.07 Å². The summed E-state index contributed by atoms with van der Waals surface area (Å²) < 4.78 is 9.97. The lowest BCUT2D eigenvalue weighted by Crippen LogP contribution is -2.21. The normalized spacial score (nSPS) is 11.5. The van der Waals surface area contributed by atoms with E-state index in [9.17, 15) is 4.79 Å². The van der Waals surface area contributed by atoms with Gasteiger partial charge in [-0.1, -0.05) is 6.07 Å². The van der Waals surface area contributed by atoms with E-state index in [1.807, 2.05) is 0 Å². The summed E-state index contributed by atoms with van der Waals surface area (Å²) >= 11 is 0. The number of ether oxygens (including phenoxy) is 2. The Kier molecular flexibility index (Phi) is 4.20. The number of pyridine rings is 1. The zero-order chi connectivity index (χ0) is 12.9. The SMILES string of the molecule is COc1cccc(C=NC(=O)OC(C)(C)C)n1. The topological polar surface area (TPSA) is 60.8 Å². The van der Waals surface area contributed by atoms with Crippen molar-refractivity contribution in [1.82, 2.24) is 4.98 Å². The van der Waals surface area contributed by atoms with Crippen LogP contribution in [0, 0.1) is 0 Å². The first kappa shape index (κ1) is 13.2. The van der Waals surface area contributed by atoms with Gasteiger partial charge in [0.15, 0.2) is 0 Å². The highest BCUT2D eigenvalue weighted by Crippen LogP contribution is 2.08. The number of nitrogens with zero attached hydrogens (tertiary/aromatic N) is 2. The van der Waals surface area contributed by atoms with Crippen LogP contribution in [0.25, 0.3) is 0 Å². The Hall–Kier alpha value is -1.91. The number of methoxy groups -OCH3 is 1. The van der Waals surface area contributed by atoms with E-state index in [4.69, 9.17) is 9.47 Å². The van der Waals surface area contributed by atoms with Gasteiger partial charge in [-0.25, -0.2) is 9.78 Å². The van der Waals surface area contributed by atoms with Crippen molar-refractivity contribution in [3.8, 4) is 5.88 Å². The number of rotatable bonds is 2. The molecule has 1 aromatic heterocycles. The fourth-order valence-electron chi connectivity index (χ4n) is 1.02. The lowest BCUT2D eigenvalue weighted by atomic mass is 10.2. The molecule has 0 aromatic carbocycles. The van der Waals surface area contributed by atoms with E-state index in [-0.39, 0.29) is 0 Å². The predicted octanol–water partition coefficient (Wildman–Crippen LogP) is 2.44. The van der Waals surface area contributed by atoms with Crippen LogP contribution in [-0.2, 0) is 4.74 Å². The van der Waals surface area contributed by atoms with Gasteiger partial charge in [-0.05, 0) is 26.8 Å². The summed E-state index contributed by atoms with van der Waals surface area (Å²) in [4.78, 5) is 19.0. The first-order valence-electron chi connectivity index (χ1n) is 5.19. The minimum Gasteiger partial charge on any atom is -0.481 e. The Morgan fingerprint density at radius 2 is 2.12 bits per heavy atom. The van der Waals surface area contributed by atoms with Gasteiger partial charge in [-0.3, -0.25) is 0 Å². The smallest absolute Gasteiger partial charge is 0.434 e. The number of amides is 1. The Labute approximate surface area is 100 Å². The van der Waals surface area contributed by atoms with Crippen LogP contribution in [0.15, 0.2) is 23.2 Å². The number of aromatic nitrogens is 1. The van der Waals surface area contributed by atoms with Crippen LogP contribution in [0.1, 0.15) is 26.5 Å². The summed E-state index contributed by atoms with van der Waals surface area (Å²) in [6.45, 7) is 5.35. The van der Waals surface area contributed by atoms with Crippen LogP contribution in [-0.4, -0.2) is 30.0 Å². The summed E-state index contributed by atoms with van der Waals surface area (Å²) in [5, 5.41) is 0. The van der Waals surface area contributed by atoms with E-state index >= 15 is 0 Å². The molecule has 0 aliphatic heterocycles. The van der Waals surface area contributed by atoms with Crippen molar-refractivity contribution in [2.75, 3.05) is 7.11 Å². The standard InChI is InChI=1S/C12H16N2O3/c1-12(2,3)17-11(15)13-8-9-6-5-7-10(14-9)16-4/h5-8H,1-4H3. The maximum atomic E-state index is 11.3. The first-order valence-corrected chi connectivity index (χ1v) is 5.19. The molecule has 1 amide bonds. The average Bonchev–Trinajstić information content (AvgIpc) is 2.24. The second kappa shape index (κ2) is 5.43. The highest BCUT2D eigenvalue weighted by Gasteiger charge is 2.14. The fraction of sp³-hybridized carbons (Fsp3) is 0.417. The molecule has 0 saturated heterocycles. The van der Waals surface area contributed by atoms with Crippen LogP contribution in [0.3, 0.4) is 0 Å². The summed E-state index contributed by atoms with van der Waals surface area (Å²) in [5.74, 6) is 0.470. The minimum atomic E-state index is -0.637. The number of aliphatic imine (C=N–C) groups is 1. The van der Waals surface area contributed by atoms with Crippen molar-refractivity contribution >= 4 is 12.3 Å². The highest BCUT2D eigenvalue weighted by atomic mass is 16.6. The van der Waals surface area contributed by atoms with Crippen molar-refractivity contribution in [1.29, 1.82) is 0 Å². The summed E-state index contributed by atoms with van der Waals surface area (Å²) in [5.41, 5.74) is -0.00818. The fourth-order valence-corrected chi connectivity index (χ4v) is 1.02. The average molecular weight is 236 g/mol. The molecule has 92 valence electrons. The molecule has 1 aromatic rings. The molecule has 0 aliphatic carbocycles. The van der Waals surface area contributed by atoms with Gasteiger partial charge in [0.2, 0.25) is 5.88 Å². The molecule has 0 atom stereocenters. The third kappa shape index (κ3) is 5.10. The quantitative estimate of drug-likeness (QED) is 0.740. The molecule has 17 heavy (non-hydrogen) atoms. The lowest BCUT2D eigenvalue weighted by molar-refractivity contribution is 0.0605. The molecule has 0 unspecified atom stereocenters. The van der Waals surface area contributed by atoms with Crippen LogP contribution in [0.5, 0.6) is 5.88 Å². The molecule has 0 radical (unpaired) electrons. The largest absolute Gasteiger partial charge is 0.481 e. The molecule has 0 saturated carbocycles. The summed E-state index contributed by atoms with van der Waals surface area (Å²) in [6, 6.07) is 5.20. The second-order valence-electron chi connectivity index (χ2n) is 4.34.